The van der Waals surface area contributed by atoms with E-state index in [1.165, 1.54) is 21.9 Å². The molecule has 3 nitrogen and oxygen atoms in total. The minimum Gasteiger partial charge on any atom is -0.352 e. The largest absolute Gasteiger partial charge is 0.352 e. The second-order valence-electron chi connectivity index (χ2n) is 8.86. The van der Waals surface area contributed by atoms with Gasteiger partial charge in [-0.3, -0.25) is 9.69 Å². The fourth-order valence-corrected chi connectivity index (χ4v) is 4.81. The Hall–Kier alpha value is -3.43. The van der Waals surface area contributed by atoms with E-state index in [-0.39, 0.29) is 5.91 Å². The number of unbranched alkanes of at least 4 members (excludes halogenated alkanes) is 1. The minimum atomic E-state index is 0.00777. The van der Waals surface area contributed by atoms with Gasteiger partial charge in [0, 0.05) is 25.2 Å². The zero-order valence-electron chi connectivity index (χ0n) is 19.0. The summed E-state index contributed by atoms with van der Waals surface area (Å²) in [6, 6.07) is 31.3. The molecule has 0 unspecified atom stereocenters. The van der Waals surface area contributed by atoms with Gasteiger partial charge in [-0.05, 0) is 71.0 Å². The van der Waals surface area contributed by atoms with Crippen molar-refractivity contribution in [1.82, 2.24) is 10.2 Å². The fraction of sp³-hybridized carbons (Fsp3) is 0.233. The highest BCUT2D eigenvalue weighted by atomic mass is 16.1. The Morgan fingerprint density at radius 1 is 0.788 bits per heavy atom. The molecule has 166 valence electrons. The van der Waals surface area contributed by atoms with Crippen LogP contribution in [-0.4, -0.2) is 30.4 Å². The van der Waals surface area contributed by atoms with Gasteiger partial charge in [-0.15, -0.1) is 0 Å². The van der Waals surface area contributed by atoms with Gasteiger partial charge in [0.05, 0.1) is 0 Å². The van der Waals surface area contributed by atoms with Crippen LogP contribution < -0.4 is 5.32 Å². The third-order valence-electron chi connectivity index (χ3n) is 6.65. The van der Waals surface area contributed by atoms with Crippen molar-refractivity contribution in [2.24, 2.45) is 0 Å². The standard InChI is InChI=1S/C30H30N2O/c33-30(26-15-12-24(13-16-26)23-8-2-1-3-9-23)31-19-6-7-20-32-21-18-29-27(22-32)17-14-25-10-4-5-11-28(25)29/h1-5,8-17H,6-7,18-22H2,(H,31,33). The smallest absolute Gasteiger partial charge is 0.251 e. The normalized spacial score (nSPS) is 13.6. The van der Waals surface area contributed by atoms with E-state index in [0.29, 0.717) is 6.54 Å². The van der Waals surface area contributed by atoms with Gasteiger partial charge in [-0.1, -0.05) is 78.9 Å². The van der Waals surface area contributed by atoms with Crippen molar-refractivity contribution in [2.75, 3.05) is 19.6 Å². The van der Waals surface area contributed by atoms with Crippen LogP contribution in [0.25, 0.3) is 21.9 Å². The first-order valence-corrected chi connectivity index (χ1v) is 11.9. The summed E-state index contributed by atoms with van der Waals surface area (Å²) >= 11 is 0. The second-order valence-corrected chi connectivity index (χ2v) is 8.86. The van der Waals surface area contributed by atoms with Crippen LogP contribution in [0.3, 0.4) is 0 Å². The molecule has 0 aliphatic carbocycles. The second kappa shape index (κ2) is 10.0. The number of hydrogen-bond acceptors (Lipinski definition) is 2. The number of amides is 1. The molecule has 0 aromatic heterocycles. The molecule has 4 aromatic rings. The lowest BCUT2D eigenvalue weighted by Gasteiger charge is -2.29. The number of hydrogen-bond donors (Lipinski definition) is 1. The lowest BCUT2D eigenvalue weighted by molar-refractivity contribution is 0.0952. The molecule has 5 rings (SSSR count). The number of carbonyl (C=O) groups excluding carboxylic acids is 1. The van der Waals surface area contributed by atoms with Crippen molar-refractivity contribution in [3.05, 3.63) is 108 Å². The Morgan fingerprint density at radius 2 is 1.55 bits per heavy atom. The molecule has 1 amide bonds. The number of rotatable bonds is 7. The molecule has 1 aliphatic rings. The van der Waals surface area contributed by atoms with E-state index in [2.05, 4.69) is 58.7 Å². The van der Waals surface area contributed by atoms with Crippen LogP contribution in [0, 0.1) is 0 Å². The molecule has 0 radical (unpaired) electrons. The lowest BCUT2D eigenvalue weighted by Crippen LogP contribution is -2.32. The van der Waals surface area contributed by atoms with Gasteiger partial charge >= 0.3 is 0 Å². The van der Waals surface area contributed by atoms with Gasteiger partial charge in [0.25, 0.3) is 5.91 Å². The highest BCUT2D eigenvalue weighted by molar-refractivity contribution is 5.94. The first-order chi connectivity index (χ1) is 16.3. The monoisotopic (exact) mass is 434 g/mol. The Labute approximate surface area is 196 Å². The van der Waals surface area contributed by atoms with E-state index < -0.39 is 0 Å². The average molecular weight is 435 g/mol. The molecule has 0 bridgehead atoms. The molecule has 0 fully saturated rings. The van der Waals surface area contributed by atoms with Crippen LogP contribution in [-0.2, 0) is 13.0 Å². The fourth-order valence-electron chi connectivity index (χ4n) is 4.81. The lowest BCUT2D eigenvalue weighted by atomic mass is 9.93. The van der Waals surface area contributed by atoms with Crippen LogP contribution >= 0.6 is 0 Å². The molecule has 0 spiro atoms. The van der Waals surface area contributed by atoms with Crippen molar-refractivity contribution in [3.63, 3.8) is 0 Å². The van der Waals surface area contributed by atoms with Crippen molar-refractivity contribution in [3.8, 4) is 11.1 Å². The van der Waals surface area contributed by atoms with Crippen LogP contribution in [0.15, 0.2) is 91.0 Å². The molecule has 3 heteroatoms. The van der Waals surface area contributed by atoms with Crippen LogP contribution in [0.4, 0.5) is 0 Å². The van der Waals surface area contributed by atoms with Gasteiger partial charge in [0.15, 0.2) is 0 Å². The maximum absolute atomic E-state index is 12.5. The Balaban J connectivity index is 1.06. The van der Waals surface area contributed by atoms with Gasteiger partial charge in [-0.2, -0.15) is 0 Å². The summed E-state index contributed by atoms with van der Waals surface area (Å²) in [5.74, 6) is 0.00777. The van der Waals surface area contributed by atoms with Crippen molar-refractivity contribution in [2.45, 2.75) is 25.8 Å². The summed E-state index contributed by atoms with van der Waals surface area (Å²) in [6.07, 6.45) is 3.21. The summed E-state index contributed by atoms with van der Waals surface area (Å²) in [4.78, 5) is 15.0. The van der Waals surface area contributed by atoms with Gasteiger partial charge < -0.3 is 5.32 Å². The summed E-state index contributed by atoms with van der Waals surface area (Å²) in [7, 11) is 0. The molecule has 1 heterocycles. The van der Waals surface area contributed by atoms with E-state index in [1.807, 2.05) is 42.5 Å². The highest BCUT2D eigenvalue weighted by Crippen LogP contribution is 2.27. The summed E-state index contributed by atoms with van der Waals surface area (Å²) < 4.78 is 0. The molecule has 1 aliphatic heterocycles. The van der Waals surface area contributed by atoms with Crippen molar-refractivity contribution >= 4 is 16.7 Å². The van der Waals surface area contributed by atoms with Crippen molar-refractivity contribution in [1.29, 1.82) is 0 Å². The molecule has 0 saturated heterocycles. The van der Waals surface area contributed by atoms with E-state index in [4.69, 9.17) is 0 Å². The quantitative estimate of drug-likeness (QED) is 0.358. The summed E-state index contributed by atoms with van der Waals surface area (Å²) in [5.41, 5.74) is 6.00. The zero-order valence-corrected chi connectivity index (χ0v) is 19.0. The third kappa shape index (κ3) is 4.99. The maximum atomic E-state index is 12.5. The molecular formula is C30H30N2O. The average Bonchev–Trinajstić information content (AvgIpc) is 2.88. The van der Waals surface area contributed by atoms with Crippen LogP contribution in [0.5, 0.6) is 0 Å². The van der Waals surface area contributed by atoms with Crippen LogP contribution in [0.2, 0.25) is 0 Å². The number of nitrogens with one attached hydrogen (secondary N) is 1. The zero-order chi connectivity index (χ0) is 22.5. The number of nitrogens with zero attached hydrogens (tertiary/aromatic N) is 1. The molecule has 33 heavy (non-hydrogen) atoms. The molecule has 4 aromatic carbocycles. The Bertz CT molecular complexity index is 1230. The van der Waals surface area contributed by atoms with E-state index in [0.717, 1.165) is 55.6 Å². The molecular weight excluding hydrogens is 404 g/mol. The van der Waals surface area contributed by atoms with Gasteiger partial charge in [-0.25, -0.2) is 0 Å². The maximum Gasteiger partial charge on any atom is 0.251 e. The summed E-state index contributed by atoms with van der Waals surface area (Å²) in [6.45, 7) is 3.93. The van der Waals surface area contributed by atoms with E-state index >= 15 is 0 Å². The molecule has 0 atom stereocenters. The third-order valence-corrected chi connectivity index (χ3v) is 6.65. The van der Waals surface area contributed by atoms with E-state index in [1.54, 1.807) is 0 Å². The summed E-state index contributed by atoms with van der Waals surface area (Å²) in [5, 5.41) is 5.83. The first kappa shape index (κ1) is 21.4. The SMILES string of the molecule is O=C(NCCCCN1CCc2c(ccc3ccccc23)C1)c1ccc(-c2ccccc2)cc1. The number of carbonyl (C=O) groups is 1. The van der Waals surface area contributed by atoms with Crippen molar-refractivity contribution < 1.29 is 4.79 Å². The van der Waals surface area contributed by atoms with Gasteiger partial charge in [0.1, 0.15) is 0 Å². The minimum absolute atomic E-state index is 0.00777. The number of benzene rings is 4. The molecule has 0 saturated carbocycles. The number of fused-ring (bicyclic) bond motifs is 3. The Morgan fingerprint density at radius 3 is 2.39 bits per heavy atom. The van der Waals surface area contributed by atoms with Crippen LogP contribution in [0.1, 0.15) is 34.3 Å². The molecule has 1 N–H and O–H groups in total. The van der Waals surface area contributed by atoms with Gasteiger partial charge in [0.2, 0.25) is 0 Å². The topological polar surface area (TPSA) is 32.3 Å². The predicted octanol–water partition coefficient (Wildman–Crippen LogP) is 6.08. The Kier molecular flexibility index (Phi) is 6.50. The van der Waals surface area contributed by atoms with E-state index in [9.17, 15) is 4.79 Å². The highest BCUT2D eigenvalue weighted by Gasteiger charge is 2.17. The predicted molar refractivity (Wildman–Crippen MR) is 136 cm³/mol. The first-order valence-electron chi connectivity index (χ1n) is 11.9.